The molecule has 11 nitrogen and oxygen atoms in total. The molecule has 0 unspecified atom stereocenters. The Bertz CT molecular complexity index is 1610. The lowest BCUT2D eigenvalue weighted by molar-refractivity contribution is -0.139. The number of allylic oxidation sites excluding steroid dienone is 1. The van der Waals surface area contributed by atoms with Gasteiger partial charge < -0.3 is 29.6 Å². The molecule has 0 aromatic heterocycles. The first-order valence-corrected chi connectivity index (χ1v) is 14.5. The molecule has 1 heterocycles. The van der Waals surface area contributed by atoms with E-state index in [1.54, 1.807) is 56.3 Å². The highest BCUT2D eigenvalue weighted by Gasteiger charge is 2.32. The van der Waals surface area contributed by atoms with Crippen LogP contribution in [0.4, 0.5) is 9.18 Å². The number of hydrazone groups is 1. The van der Waals surface area contributed by atoms with Gasteiger partial charge in [-0.3, -0.25) is 4.79 Å². The van der Waals surface area contributed by atoms with Crippen LogP contribution in [0.1, 0.15) is 36.6 Å². The summed E-state index contributed by atoms with van der Waals surface area (Å²) in [5, 5.41) is 9.30. The molecule has 44 heavy (non-hydrogen) atoms. The van der Waals surface area contributed by atoms with Gasteiger partial charge in [0.05, 0.1) is 35.1 Å². The van der Waals surface area contributed by atoms with Gasteiger partial charge >= 0.3 is 12.0 Å². The van der Waals surface area contributed by atoms with Crippen LogP contribution in [0.5, 0.6) is 17.2 Å². The van der Waals surface area contributed by atoms with Gasteiger partial charge in [0.25, 0.3) is 5.91 Å². The number of halogens is 2. The maximum Gasteiger partial charge on any atom is 0.338 e. The van der Waals surface area contributed by atoms with Crippen molar-refractivity contribution in [2.24, 2.45) is 5.10 Å². The summed E-state index contributed by atoms with van der Waals surface area (Å²) in [6.07, 6.45) is 1.48. The summed E-state index contributed by atoms with van der Waals surface area (Å²) in [5.41, 5.74) is 5.06. The predicted molar refractivity (Wildman–Crippen MR) is 168 cm³/mol. The zero-order valence-corrected chi connectivity index (χ0v) is 26.3. The molecule has 0 saturated heterocycles. The average molecular weight is 717 g/mol. The molecule has 0 bridgehead atoms. The van der Waals surface area contributed by atoms with Crippen molar-refractivity contribution in [1.29, 1.82) is 0 Å². The van der Waals surface area contributed by atoms with Gasteiger partial charge in [-0.05, 0) is 95.6 Å². The summed E-state index contributed by atoms with van der Waals surface area (Å²) in [7, 11) is 1.43. The molecule has 1 aliphatic heterocycles. The Hall–Kier alpha value is -4.66. The molecule has 230 valence electrons. The Morgan fingerprint density at radius 3 is 2.59 bits per heavy atom. The van der Waals surface area contributed by atoms with Crippen LogP contribution in [0, 0.1) is 9.39 Å². The largest absolute Gasteiger partial charge is 0.493 e. The summed E-state index contributed by atoms with van der Waals surface area (Å²) >= 11 is 2.12. The molecule has 3 amide bonds. The van der Waals surface area contributed by atoms with E-state index in [0.29, 0.717) is 22.8 Å². The van der Waals surface area contributed by atoms with Crippen molar-refractivity contribution in [2.45, 2.75) is 26.5 Å². The molecular weight excluding hydrogens is 686 g/mol. The van der Waals surface area contributed by atoms with Gasteiger partial charge in [-0.15, -0.1) is 0 Å². The first-order chi connectivity index (χ1) is 21.2. The lowest BCUT2D eigenvalue weighted by Gasteiger charge is -2.28. The monoisotopic (exact) mass is 716 g/mol. The molecule has 0 radical (unpaired) electrons. The Morgan fingerprint density at radius 2 is 1.86 bits per heavy atom. The summed E-state index contributed by atoms with van der Waals surface area (Å²) in [5.74, 6) is -0.182. The van der Waals surface area contributed by atoms with Crippen molar-refractivity contribution in [3.8, 4) is 17.2 Å². The number of hydrogen-bond acceptors (Lipinski definition) is 8. The van der Waals surface area contributed by atoms with E-state index in [-0.39, 0.29) is 37.0 Å². The molecule has 1 atom stereocenters. The van der Waals surface area contributed by atoms with E-state index in [2.05, 4.69) is 43.8 Å². The van der Waals surface area contributed by atoms with Crippen LogP contribution in [0.25, 0.3) is 0 Å². The van der Waals surface area contributed by atoms with Crippen molar-refractivity contribution < 1.29 is 37.7 Å². The van der Waals surface area contributed by atoms with Crippen LogP contribution < -0.4 is 30.3 Å². The molecule has 0 fully saturated rings. The number of hydrogen-bond donors (Lipinski definition) is 3. The number of nitrogens with one attached hydrogen (secondary N) is 3. The van der Waals surface area contributed by atoms with Gasteiger partial charge in [0, 0.05) is 5.70 Å². The Labute approximate surface area is 266 Å². The van der Waals surface area contributed by atoms with Crippen LogP contribution in [0.15, 0.2) is 77.0 Å². The van der Waals surface area contributed by atoms with Crippen molar-refractivity contribution in [2.75, 3.05) is 20.3 Å². The van der Waals surface area contributed by atoms with E-state index < -0.39 is 23.9 Å². The van der Waals surface area contributed by atoms with E-state index in [4.69, 9.17) is 18.9 Å². The summed E-state index contributed by atoms with van der Waals surface area (Å²) in [6.45, 7) is 3.37. The number of methoxy groups -OCH3 is 1. The number of carbonyl (C=O) groups is 3. The van der Waals surface area contributed by atoms with E-state index in [9.17, 15) is 18.8 Å². The number of rotatable bonds is 12. The summed E-state index contributed by atoms with van der Waals surface area (Å²) < 4.78 is 36.2. The SMILES string of the molecule is CCOC(=O)C1=C(C)NC(=O)N[C@@H]1c1ccc(OCC(=O)N/N=C\c2ccc(OCc3cccc(F)c3)c(I)c2)c(OC)c1. The van der Waals surface area contributed by atoms with E-state index in [1.165, 1.54) is 25.5 Å². The number of carbonyl (C=O) groups excluding carboxylic acids is 3. The third-order valence-corrected chi connectivity index (χ3v) is 7.13. The highest BCUT2D eigenvalue weighted by molar-refractivity contribution is 14.1. The minimum atomic E-state index is -0.777. The van der Waals surface area contributed by atoms with E-state index in [1.807, 2.05) is 6.07 Å². The number of urea groups is 1. The minimum Gasteiger partial charge on any atom is -0.493 e. The maximum absolute atomic E-state index is 13.4. The molecule has 3 N–H and O–H groups in total. The summed E-state index contributed by atoms with van der Waals surface area (Å²) in [6, 6.07) is 15.2. The first kappa shape index (κ1) is 32.3. The van der Waals surface area contributed by atoms with E-state index in [0.717, 1.165) is 14.7 Å². The highest BCUT2D eigenvalue weighted by Crippen LogP contribution is 2.34. The fraction of sp³-hybridized carbons (Fsp3) is 0.226. The van der Waals surface area contributed by atoms with E-state index >= 15 is 0 Å². The van der Waals surface area contributed by atoms with Gasteiger partial charge in [-0.2, -0.15) is 5.10 Å². The smallest absolute Gasteiger partial charge is 0.338 e. The quantitative estimate of drug-likeness (QED) is 0.107. The van der Waals surface area contributed by atoms with Crippen LogP contribution in [-0.2, 0) is 20.9 Å². The maximum atomic E-state index is 13.4. The van der Waals surface area contributed by atoms with Gasteiger partial charge in [0.1, 0.15) is 18.2 Å². The molecule has 0 saturated carbocycles. The molecular formula is C31H30FIN4O7. The number of benzene rings is 3. The molecule has 3 aromatic carbocycles. The Morgan fingerprint density at radius 1 is 1.07 bits per heavy atom. The van der Waals surface area contributed by atoms with Crippen molar-refractivity contribution >= 4 is 46.7 Å². The molecule has 4 rings (SSSR count). The van der Waals surface area contributed by atoms with Gasteiger partial charge in [0.15, 0.2) is 18.1 Å². The van der Waals surface area contributed by atoms with Gasteiger partial charge in [0.2, 0.25) is 0 Å². The molecule has 13 heteroatoms. The van der Waals surface area contributed by atoms with Crippen molar-refractivity contribution in [3.05, 3.63) is 98.0 Å². The van der Waals surface area contributed by atoms with Crippen LogP contribution in [0.2, 0.25) is 0 Å². The Kier molecular flexibility index (Phi) is 11.1. The zero-order valence-electron chi connectivity index (χ0n) is 24.1. The minimum absolute atomic E-state index is 0.179. The molecule has 0 aliphatic carbocycles. The zero-order chi connectivity index (χ0) is 31.6. The van der Waals surface area contributed by atoms with Crippen molar-refractivity contribution in [3.63, 3.8) is 0 Å². The predicted octanol–water partition coefficient (Wildman–Crippen LogP) is 4.74. The number of nitrogens with zero attached hydrogens (tertiary/aromatic N) is 1. The number of ether oxygens (including phenoxy) is 4. The lowest BCUT2D eigenvalue weighted by atomic mass is 9.95. The van der Waals surface area contributed by atoms with Crippen LogP contribution >= 0.6 is 22.6 Å². The molecule has 3 aromatic rings. The van der Waals surface area contributed by atoms with Crippen LogP contribution in [-0.4, -0.2) is 44.4 Å². The second-order valence-electron chi connectivity index (χ2n) is 9.39. The average Bonchev–Trinajstić information content (AvgIpc) is 2.99. The lowest BCUT2D eigenvalue weighted by Crippen LogP contribution is -2.45. The Balaban J connectivity index is 1.33. The second kappa shape index (κ2) is 15.2. The summed E-state index contributed by atoms with van der Waals surface area (Å²) in [4.78, 5) is 37.1. The standard InChI is InChI=1S/C31H30FIN4O7/c1-4-42-30(39)28-18(2)35-31(40)36-29(28)21-9-11-25(26(14-21)41-3)44-17-27(38)37-34-15-19-8-10-24(23(33)13-19)43-16-20-6-5-7-22(32)12-20/h5-15,29H,4,16-17H2,1-3H3,(H,37,38)(H2,35,36,40)/b34-15-/t29-/m1/s1. The molecule has 0 spiro atoms. The van der Waals surface area contributed by atoms with Crippen molar-refractivity contribution in [1.82, 2.24) is 16.1 Å². The normalized spacial score (nSPS) is 14.5. The number of esters is 1. The van der Waals surface area contributed by atoms with Crippen LogP contribution in [0.3, 0.4) is 0 Å². The van der Waals surface area contributed by atoms with Gasteiger partial charge in [-0.1, -0.05) is 18.2 Å². The highest BCUT2D eigenvalue weighted by atomic mass is 127. The third kappa shape index (κ3) is 8.46. The number of amides is 3. The fourth-order valence-corrected chi connectivity index (χ4v) is 4.96. The third-order valence-electron chi connectivity index (χ3n) is 6.29. The molecule has 1 aliphatic rings. The first-order valence-electron chi connectivity index (χ1n) is 13.4. The fourth-order valence-electron chi connectivity index (χ4n) is 4.26. The topological polar surface area (TPSA) is 137 Å². The van der Waals surface area contributed by atoms with Gasteiger partial charge in [-0.25, -0.2) is 19.4 Å². The second-order valence-corrected chi connectivity index (χ2v) is 10.6.